The van der Waals surface area contributed by atoms with Gasteiger partial charge in [0.15, 0.2) is 0 Å². The van der Waals surface area contributed by atoms with Gasteiger partial charge in [-0.05, 0) is 43.4 Å². The monoisotopic (exact) mass is 233 g/mol. The van der Waals surface area contributed by atoms with Crippen LogP contribution in [0.15, 0.2) is 24.3 Å². The van der Waals surface area contributed by atoms with Gasteiger partial charge in [-0.1, -0.05) is 31.2 Å². The summed E-state index contributed by atoms with van der Waals surface area (Å²) in [5.74, 6) is 0.699. The van der Waals surface area contributed by atoms with Crippen LogP contribution in [-0.2, 0) is 13.0 Å². The number of aliphatic hydroxyl groups excluding tert-OH is 1. The van der Waals surface area contributed by atoms with Gasteiger partial charge in [0.2, 0.25) is 0 Å². The number of nitrogens with zero attached hydrogens (tertiary/aromatic N) is 1. The number of benzene rings is 1. The average Bonchev–Trinajstić information content (AvgIpc) is 2.28. The van der Waals surface area contributed by atoms with Gasteiger partial charge < -0.3 is 10.0 Å². The topological polar surface area (TPSA) is 23.5 Å². The van der Waals surface area contributed by atoms with Crippen LogP contribution in [0.1, 0.15) is 30.9 Å². The third kappa shape index (κ3) is 3.55. The van der Waals surface area contributed by atoms with Crippen molar-refractivity contribution in [2.24, 2.45) is 5.92 Å². The third-order valence-corrected chi connectivity index (χ3v) is 3.66. The maximum absolute atomic E-state index is 9.26. The Hall–Kier alpha value is -0.860. The second-order valence-corrected chi connectivity index (χ2v) is 5.36. The predicted octanol–water partition coefficient (Wildman–Crippen LogP) is 2.45. The minimum Gasteiger partial charge on any atom is -0.393 e. The molecule has 17 heavy (non-hydrogen) atoms. The molecule has 0 unspecified atom stereocenters. The summed E-state index contributed by atoms with van der Waals surface area (Å²) in [5, 5.41) is 9.26. The molecule has 1 aliphatic carbocycles. The van der Waals surface area contributed by atoms with Crippen molar-refractivity contribution in [1.29, 1.82) is 0 Å². The van der Waals surface area contributed by atoms with E-state index in [0.717, 1.165) is 32.4 Å². The molecule has 1 fully saturated rings. The van der Waals surface area contributed by atoms with Crippen molar-refractivity contribution >= 4 is 0 Å². The van der Waals surface area contributed by atoms with Crippen LogP contribution in [0, 0.1) is 5.92 Å². The van der Waals surface area contributed by atoms with Crippen molar-refractivity contribution in [3.05, 3.63) is 35.4 Å². The van der Waals surface area contributed by atoms with E-state index in [-0.39, 0.29) is 6.10 Å². The number of rotatable bonds is 5. The second kappa shape index (κ2) is 5.65. The Kier molecular flexibility index (Phi) is 4.19. The van der Waals surface area contributed by atoms with Crippen LogP contribution < -0.4 is 0 Å². The summed E-state index contributed by atoms with van der Waals surface area (Å²) in [7, 11) is 2.17. The second-order valence-electron chi connectivity index (χ2n) is 5.36. The average molecular weight is 233 g/mol. The van der Waals surface area contributed by atoms with E-state index in [9.17, 15) is 5.11 Å². The molecule has 0 heterocycles. The molecule has 0 bridgehead atoms. The molecule has 1 aliphatic rings. The van der Waals surface area contributed by atoms with Crippen molar-refractivity contribution in [3.63, 3.8) is 0 Å². The molecule has 2 heteroatoms. The van der Waals surface area contributed by atoms with Crippen LogP contribution in [0.3, 0.4) is 0 Å². The van der Waals surface area contributed by atoms with Crippen LogP contribution in [0.4, 0.5) is 0 Å². The summed E-state index contributed by atoms with van der Waals surface area (Å²) >= 11 is 0. The van der Waals surface area contributed by atoms with Gasteiger partial charge in [-0.2, -0.15) is 0 Å². The maximum atomic E-state index is 9.26. The lowest BCUT2D eigenvalue weighted by Crippen LogP contribution is -2.36. The lowest BCUT2D eigenvalue weighted by atomic mass is 9.82. The standard InChI is InChI=1S/C15H23NO/c1-3-12-4-6-13(7-5-12)10-16(2)11-14-8-15(17)9-14/h4-7,14-15,17H,3,8-11H2,1-2H3. The first kappa shape index (κ1) is 12.6. The van der Waals surface area contributed by atoms with E-state index in [2.05, 4.69) is 43.1 Å². The fourth-order valence-electron chi connectivity index (χ4n) is 2.55. The molecule has 0 amide bonds. The van der Waals surface area contributed by atoms with Crippen molar-refractivity contribution in [3.8, 4) is 0 Å². The zero-order chi connectivity index (χ0) is 12.3. The molecule has 1 N–H and O–H groups in total. The Labute approximate surface area is 104 Å². The number of aryl methyl sites for hydroxylation is 1. The van der Waals surface area contributed by atoms with Crippen LogP contribution in [-0.4, -0.2) is 29.7 Å². The highest BCUT2D eigenvalue weighted by molar-refractivity contribution is 5.22. The molecule has 1 aromatic carbocycles. The van der Waals surface area contributed by atoms with Crippen molar-refractivity contribution < 1.29 is 5.11 Å². The lowest BCUT2D eigenvalue weighted by Gasteiger charge is -2.34. The summed E-state index contributed by atoms with van der Waals surface area (Å²) in [6.45, 7) is 4.30. The Morgan fingerprint density at radius 2 is 1.76 bits per heavy atom. The molecular weight excluding hydrogens is 210 g/mol. The van der Waals surface area contributed by atoms with Gasteiger partial charge in [-0.25, -0.2) is 0 Å². The Bertz CT molecular complexity index is 340. The summed E-state index contributed by atoms with van der Waals surface area (Å²) in [6, 6.07) is 8.89. The van der Waals surface area contributed by atoms with E-state index < -0.39 is 0 Å². The fourth-order valence-corrected chi connectivity index (χ4v) is 2.55. The first-order chi connectivity index (χ1) is 8.17. The van der Waals surface area contributed by atoms with Crippen LogP contribution in [0.5, 0.6) is 0 Å². The Balaban J connectivity index is 1.78. The Morgan fingerprint density at radius 1 is 1.18 bits per heavy atom. The van der Waals surface area contributed by atoms with Crippen molar-refractivity contribution in [2.45, 2.75) is 38.8 Å². The van der Waals surface area contributed by atoms with Gasteiger partial charge in [-0.3, -0.25) is 0 Å². The molecule has 94 valence electrons. The summed E-state index contributed by atoms with van der Waals surface area (Å²) in [5.41, 5.74) is 2.78. The molecule has 0 saturated heterocycles. The van der Waals surface area contributed by atoms with E-state index in [1.807, 2.05) is 0 Å². The molecule has 0 atom stereocenters. The summed E-state index contributed by atoms with van der Waals surface area (Å²) in [6.07, 6.45) is 3.05. The van der Waals surface area contributed by atoms with E-state index in [1.54, 1.807) is 0 Å². The van der Waals surface area contributed by atoms with Crippen molar-refractivity contribution in [1.82, 2.24) is 4.90 Å². The molecule has 1 aromatic rings. The third-order valence-electron chi connectivity index (χ3n) is 3.66. The number of aliphatic hydroxyl groups is 1. The normalized spacial score (nSPS) is 23.8. The maximum Gasteiger partial charge on any atom is 0.0546 e. The molecule has 0 aromatic heterocycles. The smallest absolute Gasteiger partial charge is 0.0546 e. The number of hydrogen-bond acceptors (Lipinski definition) is 2. The summed E-state index contributed by atoms with van der Waals surface area (Å²) in [4.78, 5) is 2.36. The molecule has 0 radical (unpaired) electrons. The van der Waals surface area contributed by atoms with Crippen molar-refractivity contribution in [2.75, 3.05) is 13.6 Å². The minimum atomic E-state index is -0.0303. The molecule has 0 aliphatic heterocycles. The first-order valence-corrected chi connectivity index (χ1v) is 6.61. The fraction of sp³-hybridized carbons (Fsp3) is 0.600. The van der Waals surface area contributed by atoms with E-state index in [4.69, 9.17) is 0 Å². The molecule has 2 nitrogen and oxygen atoms in total. The lowest BCUT2D eigenvalue weighted by molar-refractivity contribution is 0.0274. The zero-order valence-corrected chi connectivity index (χ0v) is 10.9. The molecule has 0 spiro atoms. The number of hydrogen-bond donors (Lipinski definition) is 1. The zero-order valence-electron chi connectivity index (χ0n) is 10.9. The van der Waals surface area contributed by atoms with Crippen LogP contribution in [0.25, 0.3) is 0 Å². The van der Waals surface area contributed by atoms with Crippen LogP contribution in [0.2, 0.25) is 0 Å². The van der Waals surface area contributed by atoms with Gasteiger partial charge in [-0.15, -0.1) is 0 Å². The van der Waals surface area contributed by atoms with Gasteiger partial charge in [0, 0.05) is 13.1 Å². The van der Waals surface area contributed by atoms with Gasteiger partial charge in [0.05, 0.1) is 6.10 Å². The predicted molar refractivity (Wildman–Crippen MR) is 70.9 cm³/mol. The van der Waals surface area contributed by atoms with Gasteiger partial charge >= 0.3 is 0 Å². The minimum absolute atomic E-state index is 0.0303. The highest BCUT2D eigenvalue weighted by Crippen LogP contribution is 2.27. The quantitative estimate of drug-likeness (QED) is 0.844. The molecule has 1 saturated carbocycles. The van der Waals surface area contributed by atoms with E-state index >= 15 is 0 Å². The van der Waals surface area contributed by atoms with Gasteiger partial charge in [0.1, 0.15) is 0 Å². The summed E-state index contributed by atoms with van der Waals surface area (Å²) < 4.78 is 0. The SMILES string of the molecule is CCc1ccc(CN(C)CC2CC(O)C2)cc1. The Morgan fingerprint density at radius 3 is 2.29 bits per heavy atom. The highest BCUT2D eigenvalue weighted by atomic mass is 16.3. The molecule has 2 rings (SSSR count). The van der Waals surface area contributed by atoms with Crippen LogP contribution >= 0.6 is 0 Å². The van der Waals surface area contributed by atoms with Gasteiger partial charge in [0.25, 0.3) is 0 Å². The first-order valence-electron chi connectivity index (χ1n) is 6.61. The highest BCUT2D eigenvalue weighted by Gasteiger charge is 2.27. The largest absolute Gasteiger partial charge is 0.393 e. The van der Waals surface area contributed by atoms with E-state index in [1.165, 1.54) is 11.1 Å². The van der Waals surface area contributed by atoms with E-state index in [0.29, 0.717) is 5.92 Å². The molecular formula is C15H23NO.